The van der Waals surface area contributed by atoms with Gasteiger partial charge < -0.3 is 15.9 Å². The molecule has 0 amide bonds. The number of phenols is 1. The molecule has 0 heterocycles. The fraction of sp³-hybridized carbons (Fsp3) is 0.333. The molecular formula is C9H12BrNO2. The zero-order chi connectivity index (χ0) is 9.84. The SMILES string of the molecule is NCC(O)Cc1ccc(Br)cc1O. The summed E-state index contributed by atoms with van der Waals surface area (Å²) in [6.07, 6.45) is -0.206. The summed E-state index contributed by atoms with van der Waals surface area (Å²) in [6, 6.07) is 5.18. The van der Waals surface area contributed by atoms with Crippen LogP contribution < -0.4 is 5.73 Å². The highest BCUT2D eigenvalue weighted by atomic mass is 79.9. The van der Waals surface area contributed by atoms with E-state index >= 15 is 0 Å². The van der Waals surface area contributed by atoms with Crippen LogP contribution in [0.2, 0.25) is 0 Å². The molecule has 4 heteroatoms. The van der Waals surface area contributed by atoms with Crippen LogP contribution in [0, 0.1) is 0 Å². The predicted molar refractivity (Wildman–Crippen MR) is 54.6 cm³/mol. The number of rotatable bonds is 3. The molecule has 0 aliphatic rings. The highest BCUT2D eigenvalue weighted by Gasteiger charge is 2.07. The number of aliphatic hydroxyl groups is 1. The van der Waals surface area contributed by atoms with Crippen LogP contribution in [0.15, 0.2) is 22.7 Å². The molecule has 0 radical (unpaired) electrons. The number of aromatic hydroxyl groups is 1. The lowest BCUT2D eigenvalue weighted by Gasteiger charge is -2.09. The Hall–Kier alpha value is -0.580. The minimum Gasteiger partial charge on any atom is -0.508 e. The molecule has 0 aliphatic heterocycles. The normalized spacial score (nSPS) is 12.8. The second-order valence-electron chi connectivity index (χ2n) is 2.87. The standard InChI is InChI=1S/C9H12BrNO2/c10-7-2-1-6(9(13)4-7)3-8(12)5-11/h1-2,4,8,12-13H,3,5,11H2. The first-order chi connectivity index (χ1) is 6.13. The van der Waals surface area contributed by atoms with E-state index in [0.29, 0.717) is 12.0 Å². The van der Waals surface area contributed by atoms with Gasteiger partial charge in [-0.3, -0.25) is 0 Å². The van der Waals surface area contributed by atoms with E-state index in [2.05, 4.69) is 15.9 Å². The fourth-order valence-corrected chi connectivity index (χ4v) is 1.40. The highest BCUT2D eigenvalue weighted by molar-refractivity contribution is 9.10. The summed E-state index contributed by atoms with van der Waals surface area (Å²) in [4.78, 5) is 0. The van der Waals surface area contributed by atoms with Gasteiger partial charge in [0.2, 0.25) is 0 Å². The van der Waals surface area contributed by atoms with Crippen molar-refractivity contribution in [1.82, 2.24) is 0 Å². The molecule has 0 saturated heterocycles. The third-order valence-corrected chi connectivity index (χ3v) is 2.27. The maximum Gasteiger partial charge on any atom is 0.119 e. The van der Waals surface area contributed by atoms with E-state index in [9.17, 15) is 10.2 Å². The van der Waals surface area contributed by atoms with E-state index in [1.54, 1.807) is 12.1 Å². The number of hydrogen-bond donors (Lipinski definition) is 3. The van der Waals surface area contributed by atoms with Crippen LogP contribution in [-0.2, 0) is 6.42 Å². The minimum absolute atomic E-state index is 0.182. The molecule has 1 unspecified atom stereocenters. The van der Waals surface area contributed by atoms with Crippen molar-refractivity contribution in [3.8, 4) is 5.75 Å². The van der Waals surface area contributed by atoms with Gasteiger partial charge in [-0.2, -0.15) is 0 Å². The molecular weight excluding hydrogens is 234 g/mol. The second kappa shape index (κ2) is 4.60. The maximum absolute atomic E-state index is 9.45. The van der Waals surface area contributed by atoms with Crippen molar-refractivity contribution in [1.29, 1.82) is 0 Å². The van der Waals surface area contributed by atoms with Gasteiger partial charge >= 0.3 is 0 Å². The van der Waals surface area contributed by atoms with Crippen molar-refractivity contribution in [3.05, 3.63) is 28.2 Å². The average Bonchev–Trinajstić information content (AvgIpc) is 2.09. The first-order valence-corrected chi connectivity index (χ1v) is 4.78. The van der Waals surface area contributed by atoms with Crippen LogP contribution in [0.5, 0.6) is 5.75 Å². The second-order valence-corrected chi connectivity index (χ2v) is 3.78. The molecule has 1 atom stereocenters. The molecule has 1 aromatic rings. The molecule has 0 aliphatic carbocycles. The van der Waals surface area contributed by atoms with Crippen molar-refractivity contribution >= 4 is 15.9 Å². The molecule has 0 fully saturated rings. The van der Waals surface area contributed by atoms with E-state index in [-0.39, 0.29) is 12.3 Å². The Morgan fingerprint density at radius 2 is 2.15 bits per heavy atom. The van der Waals surface area contributed by atoms with E-state index in [1.807, 2.05) is 6.07 Å². The van der Waals surface area contributed by atoms with E-state index in [4.69, 9.17) is 5.73 Å². The van der Waals surface area contributed by atoms with Crippen LogP contribution in [0.1, 0.15) is 5.56 Å². The summed E-state index contributed by atoms with van der Waals surface area (Å²) in [5.74, 6) is 0.182. The van der Waals surface area contributed by atoms with Crippen LogP contribution >= 0.6 is 15.9 Å². The van der Waals surface area contributed by atoms with Crippen LogP contribution in [0.25, 0.3) is 0 Å². The zero-order valence-electron chi connectivity index (χ0n) is 7.07. The quantitative estimate of drug-likeness (QED) is 0.745. The number of benzene rings is 1. The van der Waals surface area contributed by atoms with Crippen molar-refractivity contribution in [2.45, 2.75) is 12.5 Å². The molecule has 1 aromatic carbocycles. The Kier molecular flexibility index (Phi) is 3.71. The van der Waals surface area contributed by atoms with Gasteiger partial charge in [-0.25, -0.2) is 0 Å². The van der Waals surface area contributed by atoms with E-state index in [0.717, 1.165) is 4.47 Å². The third kappa shape index (κ3) is 2.99. The number of phenolic OH excluding ortho intramolecular Hbond substituents is 1. The summed E-state index contributed by atoms with van der Waals surface area (Å²) < 4.78 is 0.816. The summed E-state index contributed by atoms with van der Waals surface area (Å²) in [7, 11) is 0. The van der Waals surface area contributed by atoms with Gasteiger partial charge in [0.15, 0.2) is 0 Å². The van der Waals surface area contributed by atoms with Gasteiger partial charge in [-0.05, 0) is 17.7 Å². The molecule has 0 aromatic heterocycles. The topological polar surface area (TPSA) is 66.5 Å². The third-order valence-electron chi connectivity index (χ3n) is 1.77. The molecule has 0 bridgehead atoms. The zero-order valence-corrected chi connectivity index (χ0v) is 8.66. The lowest BCUT2D eigenvalue weighted by atomic mass is 10.1. The predicted octanol–water partition coefficient (Wildman–Crippen LogP) is 1.02. The lowest BCUT2D eigenvalue weighted by molar-refractivity contribution is 0.182. The molecule has 4 N–H and O–H groups in total. The van der Waals surface area contributed by atoms with Gasteiger partial charge in [0.25, 0.3) is 0 Å². The summed E-state index contributed by atoms with van der Waals surface area (Å²) >= 11 is 3.23. The average molecular weight is 246 g/mol. The van der Waals surface area contributed by atoms with Crippen LogP contribution in [-0.4, -0.2) is 22.9 Å². The van der Waals surface area contributed by atoms with Gasteiger partial charge in [0, 0.05) is 17.4 Å². The minimum atomic E-state index is -0.591. The molecule has 1 rings (SSSR count). The van der Waals surface area contributed by atoms with Gasteiger partial charge in [-0.15, -0.1) is 0 Å². The first kappa shape index (κ1) is 10.5. The largest absolute Gasteiger partial charge is 0.508 e. The molecule has 3 nitrogen and oxygen atoms in total. The monoisotopic (exact) mass is 245 g/mol. The van der Waals surface area contributed by atoms with Crippen molar-refractivity contribution in [2.24, 2.45) is 5.73 Å². The molecule has 13 heavy (non-hydrogen) atoms. The summed E-state index contributed by atoms with van der Waals surface area (Å²) in [5, 5.41) is 18.7. The summed E-state index contributed by atoms with van der Waals surface area (Å²) in [6.45, 7) is 0.204. The Morgan fingerprint density at radius 1 is 1.46 bits per heavy atom. The molecule has 72 valence electrons. The number of aliphatic hydroxyl groups excluding tert-OH is 1. The van der Waals surface area contributed by atoms with Gasteiger partial charge in [-0.1, -0.05) is 22.0 Å². The van der Waals surface area contributed by atoms with Gasteiger partial charge in [0.05, 0.1) is 6.10 Å². The number of nitrogens with two attached hydrogens (primary N) is 1. The lowest BCUT2D eigenvalue weighted by Crippen LogP contribution is -2.21. The Labute approximate surface area is 85.3 Å². The van der Waals surface area contributed by atoms with Crippen LogP contribution in [0.3, 0.4) is 0 Å². The first-order valence-electron chi connectivity index (χ1n) is 3.99. The number of hydrogen-bond acceptors (Lipinski definition) is 3. The van der Waals surface area contributed by atoms with Crippen LogP contribution in [0.4, 0.5) is 0 Å². The fourth-order valence-electron chi connectivity index (χ4n) is 1.05. The Balaban J connectivity index is 2.77. The van der Waals surface area contributed by atoms with Crippen molar-refractivity contribution in [3.63, 3.8) is 0 Å². The molecule has 0 spiro atoms. The van der Waals surface area contributed by atoms with Gasteiger partial charge in [0.1, 0.15) is 5.75 Å². The Morgan fingerprint density at radius 3 is 2.69 bits per heavy atom. The van der Waals surface area contributed by atoms with Crippen molar-refractivity contribution in [2.75, 3.05) is 6.54 Å². The smallest absolute Gasteiger partial charge is 0.119 e. The number of halogens is 1. The van der Waals surface area contributed by atoms with E-state index < -0.39 is 6.10 Å². The molecule has 0 saturated carbocycles. The maximum atomic E-state index is 9.45. The van der Waals surface area contributed by atoms with Crippen molar-refractivity contribution < 1.29 is 10.2 Å². The highest BCUT2D eigenvalue weighted by Crippen LogP contribution is 2.23. The van der Waals surface area contributed by atoms with E-state index in [1.165, 1.54) is 0 Å². The Bertz CT molecular complexity index is 291. The summed E-state index contributed by atoms with van der Waals surface area (Å²) in [5.41, 5.74) is 5.97.